The average molecular weight is 321 g/mol. The number of hydrogen-bond donors (Lipinski definition) is 0. The summed E-state index contributed by atoms with van der Waals surface area (Å²) in [7, 11) is 1.51. The van der Waals surface area contributed by atoms with Crippen molar-refractivity contribution in [3.8, 4) is 5.75 Å². The van der Waals surface area contributed by atoms with E-state index in [-0.39, 0.29) is 10.2 Å². The number of methoxy groups -OCH3 is 1. The molecule has 0 N–H and O–H groups in total. The van der Waals surface area contributed by atoms with Gasteiger partial charge in [-0.3, -0.25) is 0 Å². The summed E-state index contributed by atoms with van der Waals surface area (Å²) < 4.78 is 42.8. The molecule has 0 unspecified atom stereocenters. The van der Waals surface area contributed by atoms with Crippen LogP contribution in [0.15, 0.2) is 40.3 Å². The van der Waals surface area contributed by atoms with E-state index in [2.05, 4.69) is 9.97 Å². The Morgan fingerprint density at radius 1 is 1.20 bits per heavy atom. The van der Waals surface area contributed by atoms with E-state index in [9.17, 15) is 13.2 Å². The molecule has 0 aliphatic rings. The molecule has 1 aromatic heterocycles. The minimum absolute atomic E-state index is 0.116. The number of ether oxygens (including phenoxy) is 1. The molecule has 0 aliphatic carbocycles. The first kappa shape index (κ1) is 14.9. The van der Waals surface area contributed by atoms with Crippen LogP contribution in [0, 0.1) is 0 Å². The zero-order valence-electron chi connectivity index (χ0n) is 10.1. The Kier molecular flexibility index (Phi) is 4.39. The molecule has 2 rings (SSSR count). The highest BCUT2D eigenvalue weighted by molar-refractivity contribution is 7.99. The van der Waals surface area contributed by atoms with Crippen molar-refractivity contribution < 1.29 is 17.9 Å². The normalized spacial score (nSPS) is 11.4. The lowest BCUT2D eigenvalue weighted by atomic mass is 10.3. The van der Waals surface area contributed by atoms with Crippen molar-refractivity contribution in [3.05, 3.63) is 41.3 Å². The van der Waals surface area contributed by atoms with Gasteiger partial charge in [-0.15, -0.1) is 0 Å². The largest absolute Gasteiger partial charge is 0.497 e. The number of benzene rings is 1. The van der Waals surface area contributed by atoms with Gasteiger partial charge in [0.2, 0.25) is 5.82 Å². The van der Waals surface area contributed by atoms with Crippen molar-refractivity contribution in [2.24, 2.45) is 0 Å². The highest BCUT2D eigenvalue weighted by Gasteiger charge is 2.35. The third-order valence-electron chi connectivity index (χ3n) is 2.19. The molecule has 0 amide bonds. The SMILES string of the molecule is COc1cccc(Sc2cc(Cl)nc(C(F)(F)F)n2)c1. The van der Waals surface area contributed by atoms with E-state index in [4.69, 9.17) is 16.3 Å². The van der Waals surface area contributed by atoms with Gasteiger partial charge in [0.25, 0.3) is 0 Å². The minimum atomic E-state index is -4.63. The maximum absolute atomic E-state index is 12.6. The lowest BCUT2D eigenvalue weighted by molar-refractivity contribution is -0.145. The molecule has 1 heterocycles. The van der Waals surface area contributed by atoms with E-state index in [1.54, 1.807) is 24.3 Å². The van der Waals surface area contributed by atoms with Crippen LogP contribution >= 0.6 is 23.4 Å². The van der Waals surface area contributed by atoms with Crippen LogP contribution < -0.4 is 4.74 Å². The molecule has 0 saturated carbocycles. The molecule has 0 bridgehead atoms. The maximum Gasteiger partial charge on any atom is 0.451 e. The molecular weight excluding hydrogens is 313 g/mol. The first-order valence-corrected chi connectivity index (χ1v) is 6.51. The summed E-state index contributed by atoms with van der Waals surface area (Å²) >= 11 is 6.64. The van der Waals surface area contributed by atoms with E-state index in [0.29, 0.717) is 10.6 Å². The molecule has 0 saturated heterocycles. The zero-order chi connectivity index (χ0) is 14.8. The van der Waals surface area contributed by atoms with E-state index in [1.807, 2.05) is 0 Å². The monoisotopic (exact) mass is 320 g/mol. The van der Waals surface area contributed by atoms with Gasteiger partial charge in [-0.1, -0.05) is 29.4 Å². The molecule has 1 aromatic carbocycles. The molecule has 0 spiro atoms. The van der Waals surface area contributed by atoms with Gasteiger partial charge in [0.15, 0.2) is 0 Å². The number of nitrogens with zero attached hydrogens (tertiary/aromatic N) is 2. The lowest BCUT2D eigenvalue weighted by Crippen LogP contribution is -2.11. The van der Waals surface area contributed by atoms with Gasteiger partial charge in [-0.2, -0.15) is 13.2 Å². The molecule has 0 radical (unpaired) electrons. The van der Waals surface area contributed by atoms with Crippen molar-refractivity contribution >= 4 is 23.4 Å². The molecule has 8 heteroatoms. The Bertz CT molecular complexity index is 622. The number of aromatic nitrogens is 2. The second kappa shape index (κ2) is 5.88. The van der Waals surface area contributed by atoms with Crippen LogP contribution in [0.4, 0.5) is 13.2 Å². The highest BCUT2D eigenvalue weighted by Crippen LogP contribution is 2.33. The summed E-state index contributed by atoms with van der Waals surface area (Å²) in [4.78, 5) is 7.32. The molecule has 0 fully saturated rings. The van der Waals surface area contributed by atoms with Crippen LogP contribution in [0.3, 0.4) is 0 Å². The number of rotatable bonds is 3. The van der Waals surface area contributed by atoms with Crippen molar-refractivity contribution in [3.63, 3.8) is 0 Å². The van der Waals surface area contributed by atoms with Gasteiger partial charge >= 0.3 is 6.18 Å². The summed E-state index contributed by atoms with van der Waals surface area (Å²) in [5.74, 6) is -0.651. The summed E-state index contributed by atoms with van der Waals surface area (Å²) in [6.07, 6.45) is -4.63. The van der Waals surface area contributed by atoms with Crippen molar-refractivity contribution in [2.45, 2.75) is 16.1 Å². The molecule has 0 aliphatic heterocycles. The minimum Gasteiger partial charge on any atom is -0.497 e. The van der Waals surface area contributed by atoms with Crippen LogP contribution in [-0.4, -0.2) is 17.1 Å². The predicted octanol–water partition coefficient (Wildman–Crippen LogP) is 4.31. The quantitative estimate of drug-likeness (QED) is 0.789. The Morgan fingerprint density at radius 3 is 2.60 bits per heavy atom. The molecule has 0 atom stereocenters. The van der Waals surface area contributed by atoms with Gasteiger partial charge < -0.3 is 4.74 Å². The molecular formula is C12H8ClF3N2OS. The second-order valence-electron chi connectivity index (χ2n) is 3.63. The molecule has 106 valence electrons. The van der Waals surface area contributed by atoms with Gasteiger partial charge in [0.1, 0.15) is 15.9 Å². The number of halogens is 4. The van der Waals surface area contributed by atoms with E-state index in [1.165, 1.54) is 13.2 Å². The van der Waals surface area contributed by atoms with Gasteiger partial charge in [0, 0.05) is 11.0 Å². The predicted molar refractivity (Wildman–Crippen MR) is 69.2 cm³/mol. The summed E-state index contributed by atoms with van der Waals surface area (Å²) in [6.45, 7) is 0. The Balaban J connectivity index is 2.31. The maximum atomic E-state index is 12.6. The summed E-state index contributed by atoms with van der Waals surface area (Å²) in [6, 6.07) is 8.16. The fourth-order valence-corrected chi connectivity index (χ4v) is 2.48. The third kappa shape index (κ3) is 3.77. The first-order valence-electron chi connectivity index (χ1n) is 5.32. The smallest absolute Gasteiger partial charge is 0.451 e. The number of hydrogen-bond acceptors (Lipinski definition) is 4. The van der Waals surface area contributed by atoms with Gasteiger partial charge in [0.05, 0.1) is 7.11 Å². The highest BCUT2D eigenvalue weighted by atomic mass is 35.5. The van der Waals surface area contributed by atoms with E-state index in [0.717, 1.165) is 11.8 Å². The van der Waals surface area contributed by atoms with Crippen LogP contribution in [0.1, 0.15) is 5.82 Å². The Morgan fingerprint density at radius 2 is 1.95 bits per heavy atom. The second-order valence-corrected chi connectivity index (χ2v) is 5.11. The first-order chi connectivity index (χ1) is 9.38. The fourth-order valence-electron chi connectivity index (χ4n) is 1.36. The standard InChI is InChI=1S/C12H8ClF3N2OS/c1-19-7-3-2-4-8(5-7)20-10-6-9(13)17-11(18-10)12(14,15)16/h2-6H,1H3. The van der Waals surface area contributed by atoms with E-state index >= 15 is 0 Å². The van der Waals surface area contributed by atoms with Gasteiger partial charge in [-0.25, -0.2) is 9.97 Å². The molecule has 2 aromatic rings. The topological polar surface area (TPSA) is 35.0 Å². The Labute approximate surface area is 122 Å². The number of alkyl halides is 3. The average Bonchev–Trinajstić information content (AvgIpc) is 2.37. The lowest BCUT2D eigenvalue weighted by Gasteiger charge is -2.08. The van der Waals surface area contributed by atoms with Crippen LogP contribution in [0.2, 0.25) is 5.15 Å². The van der Waals surface area contributed by atoms with Crippen molar-refractivity contribution in [2.75, 3.05) is 7.11 Å². The summed E-state index contributed by atoms with van der Waals surface area (Å²) in [5, 5.41) is -0.136. The van der Waals surface area contributed by atoms with Gasteiger partial charge in [-0.05, 0) is 18.2 Å². The van der Waals surface area contributed by atoms with Crippen LogP contribution in [0.25, 0.3) is 0 Å². The fraction of sp³-hybridized carbons (Fsp3) is 0.167. The van der Waals surface area contributed by atoms with Crippen molar-refractivity contribution in [1.82, 2.24) is 9.97 Å². The summed E-state index contributed by atoms with van der Waals surface area (Å²) in [5.41, 5.74) is 0. The zero-order valence-corrected chi connectivity index (χ0v) is 11.7. The molecule has 3 nitrogen and oxygen atoms in total. The molecule has 20 heavy (non-hydrogen) atoms. The van der Waals surface area contributed by atoms with Crippen LogP contribution in [0.5, 0.6) is 5.75 Å². The van der Waals surface area contributed by atoms with E-state index < -0.39 is 12.0 Å². The van der Waals surface area contributed by atoms with Crippen LogP contribution in [-0.2, 0) is 6.18 Å². The van der Waals surface area contributed by atoms with Crippen molar-refractivity contribution in [1.29, 1.82) is 0 Å². The Hall–Kier alpha value is -1.47. The third-order valence-corrected chi connectivity index (χ3v) is 3.29.